The average molecular weight is 201 g/mol. The van der Waals surface area contributed by atoms with Crippen LogP contribution in [-0.2, 0) is 4.79 Å². The molecule has 4 N–H and O–H groups in total. The van der Waals surface area contributed by atoms with Crippen molar-refractivity contribution in [1.82, 2.24) is 0 Å². The molecule has 3 nitrogen and oxygen atoms in total. The van der Waals surface area contributed by atoms with Crippen molar-refractivity contribution < 1.29 is 4.79 Å². The van der Waals surface area contributed by atoms with Gasteiger partial charge >= 0.3 is 0 Å². The number of carbonyl (C=O) groups excluding carboxylic acids is 1. The first-order valence-electron chi connectivity index (χ1n) is 3.79. The van der Waals surface area contributed by atoms with Crippen molar-refractivity contribution in [1.29, 1.82) is 0 Å². The first-order chi connectivity index (χ1) is 5.70. The van der Waals surface area contributed by atoms with Crippen molar-refractivity contribution in [2.45, 2.75) is 12.5 Å². The molecule has 13 heavy (non-hydrogen) atoms. The molecule has 0 saturated heterocycles. The molecule has 1 rings (SSSR count). The van der Waals surface area contributed by atoms with Crippen molar-refractivity contribution in [2.24, 2.45) is 11.5 Å². The van der Waals surface area contributed by atoms with Crippen LogP contribution >= 0.6 is 12.4 Å². The smallest absolute Gasteiger partial charge is 0.219 e. The predicted octanol–water partition coefficient (Wildman–Crippen LogP) is 0.984. The van der Waals surface area contributed by atoms with E-state index < -0.39 is 0 Å². The number of amides is 1. The second-order valence-electron chi connectivity index (χ2n) is 2.69. The third kappa shape index (κ3) is 3.92. The normalized spacial score (nSPS) is 11.5. The molecule has 1 atom stereocenters. The Morgan fingerprint density at radius 2 is 1.85 bits per heavy atom. The van der Waals surface area contributed by atoms with Gasteiger partial charge in [-0.25, -0.2) is 0 Å². The van der Waals surface area contributed by atoms with Crippen molar-refractivity contribution in [2.75, 3.05) is 0 Å². The van der Waals surface area contributed by atoms with E-state index in [0.29, 0.717) is 0 Å². The molecule has 1 unspecified atom stereocenters. The Balaban J connectivity index is 0.00000144. The third-order valence-corrected chi connectivity index (χ3v) is 1.65. The van der Waals surface area contributed by atoms with Gasteiger partial charge in [-0.05, 0) is 5.56 Å². The van der Waals surface area contributed by atoms with E-state index in [1.807, 2.05) is 30.3 Å². The van der Waals surface area contributed by atoms with Gasteiger partial charge in [0, 0.05) is 12.5 Å². The Bertz CT molecular complexity index is 264. The fourth-order valence-corrected chi connectivity index (χ4v) is 1.03. The molecule has 0 heterocycles. The van der Waals surface area contributed by atoms with E-state index in [1.54, 1.807) is 0 Å². The molecule has 0 saturated carbocycles. The highest BCUT2D eigenvalue weighted by Crippen LogP contribution is 2.11. The molecular weight excluding hydrogens is 188 g/mol. The van der Waals surface area contributed by atoms with Crippen LogP contribution in [0.3, 0.4) is 0 Å². The minimum atomic E-state index is -0.369. The third-order valence-electron chi connectivity index (χ3n) is 1.65. The average Bonchev–Trinajstić information content (AvgIpc) is 2.05. The van der Waals surface area contributed by atoms with Crippen LogP contribution in [0.25, 0.3) is 0 Å². The summed E-state index contributed by atoms with van der Waals surface area (Å²) in [5, 5.41) is 0. The zero-order valence-corrected chi connectivity index (χ0v) is 7.96. The Morgan fingerprint density at radius 3 is 2.31 bits per heavy atom. The summed E-state index contributed by atoms with van der Waals surface area (Å²) >= 11 is 0. The molecule has 1 aromatic carbocycles. The van der Waals surface area contributed by atoms with Gasteiger partial charge in [0.1, 0.15) is 0 Å². The fourth-order valence-electron chi connectivity index (χ4n) is 1.03. The van der Waals surface area contributed by atoms with E-state index in [4.69, 9.17) is 11.5 Å². The van der Waals surface area contributed by atoms with Crippen LogP contribution in [0, 0.1) is 0 Å². The van der Waals surface area contributed by atoms with E-state index in [0.717, 1.165) is 5.56 Å². The Kier molecular flexibility index (Phi) is 5.11. The van der Waals surface area contributed by atoms with Crippen LogP contribution in [-0.4, -0.2) is 5.91 Å². The number of hydrogen-bond donors (Lipinski definition) is 2. The maximum Gasteiger partial charge on any atom is 0.219 e. The Hall–Kier alpha value is -1.06. The summed E-state index contributed by atoms with van der Waals surface area (Å²) in [4.78, 5) is 10.5. The highest BCUT2D eigenvalue weighted by atomic mass is 35.5. The fraction of sp³-hybridized carbons (Fsp3) is 0.222. The minimum Gasteiger partial charge on any atom is -0.370 e. The van der Waals surface area contributed by atoms with Crippen LogP contribution in [0.2, 0.25) is 0 Å². The van der Waals surface area contributed by atoms with Crippen LogP contribution in [0.5, 0.6) is 0 Å². The van der Waals surface area contributed by atoms with Gasteiger partial charge in [0.15, 0.2) is 0 Å². The maximum atomic E-state index is 10.5. The zero-order chi connectivity index (χ0) is 8.97. The molecule has 4 heteroatoms. The molecule has 1 aromatic rings. The summed E-state index contributed by atoms with van der Waals surface area (Å²) in [6.07, 6.45) is 0.198. The maximum absolute atomic E-state index is 10.5. The quantitative estimate of drug-likeness (QED) is 0.764. The first kappa shape index (κ1) is 11.9. The largest absolute Gasteiger partial charge is 0.370 e. The van der Waals surface area contributed by atoms with E-state index >= 15 is 0 Å². The SMILES string of the molecule is Cl.NC(=O)CC(N)c1ccccc1. The van der Waals surface area contributed by atoms with Gasteiger partial charge in [-0.2, -0.15) is 0 Å². The monoisotopic (exact) mass is 200 g/mol. The molecule has 0 aliphatic heterocycles. The molecule has 0 spiro atoms. The van der Waals surface area contributed by atoms with Crippen LogP contribution in [0.4, 0.5) is 0 Å². The Labute approximate surface area is 83.5 Å². The second kappa shape index (κ2) is 5.56. The first-order valence-corrected chi connectivity index (χ1v) is 3.79. The molecule has 0 aliphatic carbocycles. The van der Waals surface area contributed by atoms with Gasteiger partial charge in [0.05, 0.1) is 0 Å². The van der Waals surface area contributed by atoms with Gasteiger partial charge < -0.3 is 11.5 Å². The number of carbonyl (C=O) groups is 1. The van der Waals surface area contributed by atoms with Crippen molar-refractivity contribution in [3.8, 4) is 0 Å². The zero-order valence-electron chi connectivity index (χ0n) is 7.14. The highest BCUT2D eigenvalue weighted by Gasteiger charge is 2.07. The summed E-state index contributed by atoms with van der Waals surface area (Å²) in [6.45, 7) is 0. The topological polar surface area (TPSA) is 69.1 Å². The summed E-state index contributed by atoms with van der Waals surface area (Å²) in [6, 6.07) is 9.16. The van der Waals surface area contributed by atoms with Gasteiger partial charge in [-0.3, -0.25) is 4.79 Å². The molecule has 0 aromatic heterocycles. The van der Waals surface area contributed by atoms with E-state index in [-0.39, 0.29) is 30.8 Å². The lowest BCUT2D eigenvalue weighted by atomic mass is 10.1. The molecule has 1 amide bonds. The highest BCUT2D eigenvalue weighted by molar-refractivity contribution is 5.85. The van der Waals surface area contributed by atoms with Crippen molar-refractivity contribution in [3.63, 3.8) is 0 Å². The van der Waals surface area contributed by atoms with Crippen molar-refractivity contribution in [3.05, 3.63) is 35.9 Å². The van der Waals surface area contributed by atoms with Crippen molar-refractivity contribution >= 4 is 18.3 Å². The number of halogens is 1. The van der Waals surface area contributed by atoms with Gasteiger partial charge in [0.25, 0.3) is 0 Å². The molecule has 0 aliphatic rings. The molecule has 0 fully saturated rings. The van der Waals surface area contributed by atoms with Gasteiger partial charge in [0.2, 0.25) is 5.91 Å². The minimum absolute atomic E-state index is 0. The Morgan fingerprint density at radius 1 is 1.31 bits per heavy atom. The van der Waals surface area contributed by atoms with E-state index in [9.17, 15) is 4.79 Å². The molecule has 72 valence electrons. The van der Waals surface area contributed by atoms with Crippen LogP contribution < -0.4 is 11.5 Å². The number of rotatable bonds is 3. The molecular formula is C9H13ClN2O. The number of hydrogen-bond acceptors (Lipinski definition) is 2. The molecule has 0 bridgehead atoms. The lowest BCUT2D eigenvalue weighted by molar-refractivity contribution is -0.118. The van der Waals surface area contributed by atoms with Crippen LogP contribution in [0.15, 0.2) is 30.3 Å². The lowest BCUT2D eigenvalue weighted by Crippen LogP contribution is -2.20. The summed E-state index contributed by atoms with van der Waals surface area (Å²) in [7, 11) is 0. The summed E-state index contributed by atoms with van der Waals surface area (Å²) < 4.78 is 0. The number of nitrogens with two attached hydrogens (primary N) is 2. The second-order valence-corrected chi connectivity index (χ2v) is 2.69. The molecule has 0 radical (unpaired) electrons. The summed E-state index contributed by atoms with van der Waals surface area (Å²) in [5.41, 5.74) is 11.6. The van der Waals surface area contributed by atoms with Gasteiger partial charge in [-0.1, -0.05) is 30.3 Å². The lowest BCUT2D eigenvalue weighted by Gasteiger charge is -2.08. The summed E-state index contributed by atoms with van der Waals surface area (Å²) in [5.74, 6) is -0.369. The van der Waals surface area contributed by atoms with Crippen LogP contribution in [0.1, 0.15) is 18.0 Å². The van der Waals surface area contributed by atoms with E-state index in [1.165, 1.54) is 0 Å². The number of benzene rings is 1. The standard InChI is InChI=1S/C9H12N2O.ClH/c10-8(6-9(11)12)7-4-2-1-3-5-7;/h1-5,8H,6,10H2,(H2,11,12);1H. The predicted molar refractivity (Wildman–Crippen MR) is 54.4 cm³/mol. The number of primary amides is 1. The van der Waals surface area contributed by atoms with E-state index in [2.05, 4.69) is 0 Å². The van der Waals surface area contributed by atoms with Gasteiger partial charge in [-0.15, -0.1) is 12.4 Å².